The smallest absolute Gasteiger partial charge is 0.0253 e. The van der Waals surface area contributed by atoms with E-state index in [0.717, 1.165) is 6.42 Å². The molecule has 0 saturated heterocycles. The number of rotatable bonds is 2. The molecule has 0 amide bonds. The van der Waals surface area contributed by atoms with E-state index in [2.05, 4.69) is 103 Å². The van der Waals surface area contributed by atoms with Crippen LogP contribution in [0.5, 0.6) is 0 Å². The van der Waals surface area contributed by atoms with Gasteiger partial charge in [-0.25, -0.2) is 12.1 Å². The minimum atomic E-state index is 0. The Balaban J connectivity index is 0.000000191. The Kier molecular flexibility index (Phi) is 11.3. The Morgan fingerprint density at radius 1 is 0.618 bits per heavy atom. The molecule has 0 N–H and O–H groups in total. The summed E-state index contributed by atoms with van der Waals surface area (Å²) in [6.45, 7) is 0. The number of hydrogen-bond donors (Lipinski definition) is 0. The van der Waals surface area contributed by atoms with Gasteiger partial charge in [-0.05, 0) is 6.42 Å². The van der Waals surface area contributed by atoms with Crippen LogP contribution in [-0.4, -0.2) is 3.21 Å². The maximum absolute atomic E-state index is 3.30. The van der Waals surface area contributed by atoms with Gasteiger partial charge in [-0.1, -0.05) is 35.4 Å². The zero-order valence-corrected chi connectivity index (χ0v) is 21.1. The minimum absolute atomic E-state index is 0. The molecule has 0 atom stereocenters. The number of benzene rings is 4. The second-order valence-electron chi connectivity index (χ2n) is 7.47. The second kappa shape index (κ2) is 14.2. The molecule has 168 valence electrons. The van der Waals surface area contributed by atoms with E-state index in [1.807, 2.05) is 36.4 Å². The Morgan fingerprint density at radius 2 is 1.15 bits per heavy atom. The third kappa shape index (κ3) is 7.17. The SMILES string of the molecule is [F-].[F-].[Zr+2]=[C](c1ccccc1)c1ccccc1.[c-]1cccc2c1Cc1ccccc1-2.c1cc[cH-]c1. The second-order valence-corrected chi connectivity index (χ2v) is 8.69. The summed E-state index contributed by atoms with van der Waals surface area (Å²) in [7, 11) is 0. The first-order valence-electron chi connectivity index (χ1n) is 10.8. The van der Waals surface area contributed by atoms with Crippen molar-refractivity contribution in [3.63, 3.8) is 0 Å². The van der Waals surface area contributed by atoms with Crippen molar-refractivity contribution < 1.29 is 33.6 Å². The molecule has 34 heavy (non-hydrogen) atoms. The van der Waals surface area contributed by atoms with Crippen LogP contribution in [0.15, 0.2) is 133 Å². The topological polar surface area (TPSA) is 0 Å². The van der Waals surface area contributed by atoms with Crippen LogP contribution in [0.3, 0.4) is 0 Å². The molecule has 0 aliphatic heterocycles. The zero-order chi connectivity index (χ0) is 22.0. The van der Waals surface area contributed by atoms with Crippen LogP contribution >= 0.6 is 0 Å². The van der Waals surface area contributed by atoms with E-state index in [9.17, 15) is 0 Å². The average molecular weight is 526 g/mol. The molecular formula is C31H24F2Zr-2. The van der Waals surface area contributed by atoms with E-state index in [1.165, 1.54) is 60.8 Å². The van der Waals surface area contributed by atoms with E-state index in [4.69, 9.17) is 0 Å². The Morgan fingerprint density at radius 3 is 1.71 bits per heavy atom. The van der Waals surface area contributed by atoms with Gasteiger partial charge in [0.2, 0.25) is 0 Å². The van der Waals surface area contributed by atoms with Crippen molar-refractivity contribution in [3.05, 3.63) is 162 Å². The number of halogens is 2. The maximum Gasteiger partial charge on any atom is -0.0253 e. The van der Waals surface area contributed by atoms with Gasteiger partial charge in [0.05, 0.1) is 0 Å². The first-order chi connectivity index (χ1) is 15.8. The van der Waals surface area contributed by atoms with Crippen LogP contribution in [-0.2, 0) is 30.7 Å². The first kappa shape index (κ1) is 27.1. The maximum atomic E-state index is 3.30. The molecule has 0 radical (unpaired) electrons. The normalized spacial score (nSPS) is 9.94. The van der Waals surface area contributed by atoms with Gasteiger partial charge < -0.3 is 9.41 Å². The molecular weight excluding hydrogens is 502 g/mol. The van der Waals surface area contributed by atoms with E-state index in [-0.39, 0.29) is 9.41 Å². The largest absolute Gasteiger partial charge is 0.214 e. The van der Waals surface area contributed by atoms with Gasteiger partial charge in [-0.15, -0.1) is 5.56 Å². The first-order valence-corrected chi connectivity index (χ1v) is 12.0. The van der Waals surface area contributed by atoms with Gasteiger partial charge in [-0.2, -0.15) is 48.0 Å². The van der Waals surface area contributed by atoms with E-state index < -0.39 is 0 Å². The molecule has 5 aromatic carbocycles. The number of fused-ring (bicyclic) bond motifs is 3. The molecule has 1 aliphatic carbocycles. The van der Waals surface area contributed by atoms with Crippen LogP contribution in [0, 0.1) is 6.07 Å². The fourth-order valence-corrected chi connectivity index (χ4v) is 4.51. The van der Waals surface area contributed by atoms with Crippen molar-refractivity contribution in [1.82, 2.24) is 0 Å². The van der Waals surface area contributed by atoms with Gasteiger partial charge in [0.15, 0.2) is 0 Å². The molecule has 0 saturated carbocycles. The van der Waals surface area contributed by atoms with Gasteiger partial charge in [-0.3, -0.25) is 0 Å². The van der Waals surface area contributed by atoms with E-state index >= 15 is 0 Å². The summed E-state index contributed by atoms with van der Waals surface area (Å²) in [4.78, 5) is 0. The molecule has 1 aliphatic rings. The summed E-state index contributed by atoms with van der Waals surface area (Å²) in [5, 5.41) is 0. The number of hydrogen-bond acceptors (Lipinski definition) is 0. The van der Waals surface area contributed by atoms with Crippen LogP contribution in [0.2, 0.25) is 0 Å². The van der Waals surface area contributed by atoms with Crippen LogP contribution in [0.25, 0.3) is 11.1 Å². The van der Waals surface area contributed by atoms with Crippen molar-refractivity contribution in [2.75, 3.05) is 0 Å². The Hall–Kier alpha value is -3.16. The molecule has 0 unspecified atom stereocenters. The summed E-state index contributed by atoms with van der Waals surface area (Å²) in [5.74, 6) is 0. The van der Waals surface area contributed by atoms with E-state index in [1.54, 1.807) is 0 Å². The predicted octanol–water partition coefficient (Wildman–Crippen LogP) is 1.27. The third-order valence-electron chi connectivity index (χ3n) is 5.30. The van der Waals surface area contributed by atoms with Gasteiger partial charge >= 0.3 is 99.2 Å². The molecule has 0 heterocycles. The van der Waals surface area contributed by atoms with E-state index in [0.29, 0.717) is 0 Å². The summed E-state index contributed by atoms with van der Waals surface area (Å²) >= 11 is 1.46. The quantitative estimate of drug-likeness (QED) is 0.299. The summed E-state index contributed by atoms with van der Waals surface area (Å²) in [6.07, 6.45) is 1.05. The summed E-state index contributed by atoms with van der Waals surface area (Å²) in [5.41, 5.74) is 8.17. The van der Waals surface area contributed by atoms with Crippen molar-refractivity contribution in [3.8, 4) is 11.1 Å². The molecule has 5 aromatic rings. The zero-order valence-electron chi connectivity index (χ0n) is 18.7. The van der Waals surface area contributed by atoms with Crippen LogP contribution in [0.4, 0.5) is 0 Å². The molecule has 0 spiro atoms. The average Bonchev–Trinajstić information content (AvgIpc) is 3.57. The van der Waals surface area contributed by atoms with Crippen LogP contribution < -0.4 is 9.41 Å². The minimum Gasteiger partial charge on any atom is -0.214 e. The Labute approximate surface area is 215 Å². The summed E-state index contributed by atoms with van der Waals surface area (Å²) < 4.78 is 1.42. The van der Waals surface area contributed by atoms with Gasteiger partial charge in [0, 0.05) is 0 Å². The standard InChI is InChI=1S/C13H9.C13H10.C5H5.2FH.Zr/c1-3-7-12-10(5-1)9-11-6-2-4-8-13(11)12;1-3-7-12(8-4-1)11-13-9-5-2-6-10-13;1-2-4-5-3-1;;;/h1-5,7-8H,9H2;1-10H;1-5H;2*1H;/q-1;;-1;;;+2/p-2. The Bertz CT molecular complexity index is 1140. The molecule has 3 heteroatoms. The molecule has 0 aromatic heterocycles. The van der Waals surface area contributed by atoms with Gasteiger partial charge in [0.25, 0.3) is 0 Å². The molecule has 0 nitrogen and oxygen atoms in total. The van der Waals surface area contributed by atoms with Crippen molar-refractivity contribution in [2.45, 2.75) is 6.42 Å². The summed E-state index contributed by atoms with van der Waals surface area (Å²) in [6, 6.07) is 49.2. The molecule has 6 rings (SSSR count). The van der Waals surface area contributed by atoms with Crippen molar-refractivity contribution >= 4 is 3.21 Å². The predicted molar refractivity (Wildman–Crippen MR) is 132 cm³/mol. The van der Waals surface area contributed by atoms with Crippen LogP contribution in [0.1, 0.15) is 22.3 Å². The van der Waals surface area contributed by atoms with Crippen molar-refractivity contribution in [1.29, 1.82) is 0 Å². The van der Waals surface area contributed by atoms with Crippen molar-refractivity contribution in [2.24, 2.45) is 0 Å². The fraction of sp³-hybridized carbons (Fsp3) is 0.0323. The third-order valence-corrected chi connectivity index (χ3v) is 6.72. The fourth-order valence-electron chi connectivity index (χ4n) is 3.69. The monoisotopic (exact) mass is 524 g/mol. The van der Waals surface area contributed by atoms with Gasteiger partial charge in [0.1, 0.15) is 0 Å². The molecule has 0 bridgehead atoms. The molecule has 0 fully saturated rings.